The predicted octanol–water partition coefficient (Wildman–Crippen LogP) is 3.21. The first-order valence-corrected chi connectivity index (χ1v) is 6.35. The lowest BCUT2D eigenvalue weighted by Gasteiger charge is -2.13. The number of nitrogens with zero attached hydrogens (tertiary/aromatic N) is 1. The molecular formula is C16H19NO2. The largest absolute Gasteiger partial charge is 0.485 e. The molecule has 0 aliphatic rings. The normalized spacial score (nSPS) is 10.5. The third-order valence-electron chi connectivity index (χ3n) is 3.45. The van der Waals surface area contributed by atoms with Gasteiger partial charge in [-0.2, -0.15) is 0 Å². The molecule has 100 valence electrons. The Hall–Kier alpha value is -2.03. The lowest BCUT2D eigenvalue weighted by Crippen LogP contribution is -2.15. The van der Waals surface area contributed by atoms with Crippen molar-refractivity contribution < 1.29 is 9.53 Å². The Bertz CT molecular complexity index is 611. The molecule has 19 heavy (non-hydrogen) atoms. The van der Waals surface area contributed by atoms with E-state index >= 15 is 0 Å². The molecule has 0 amide bonds. The van der Waals surface area contributed by atoms with Gasteiger partial charge in [-0.25, -0.2) is 0 Å². The number of aromatic nitrogens is 1. The SMILES string of the molecule is Cc1ccc(C)c(OCC(=O)c2cccn2C)c1C. The predicted molar refractivity (Wildman–Crippen MR) is 75.9 cm³/mol. The number of benzene rings is 1. The average Bonchev–Trinajstić information content (AvgIpc) is 2.80. The summed E-state index contributed by atoms with van der Waals surface area (Å²) >= 11 is 0. The van der Waals surface area contributed by atoms with Gasteiger partial charge in [0.05, 0.1) is 5.69 Å². The lowest BCUT2D eigenvalue weighted by molar-refractivity contribution is 0.0912. The van der Waals surface area contributed by atoms with Crippen LogP contribution in [0.1, 0.15) is 27.2 Å². The molecule has 2 rings (SSSR count). The van der Waals surface area contributed by atoms with Crippen molar-refractivity contribution in [1.82, 2.24) is 4.57 Å². The molecule has 1 aromatic carbocycles. The molecule has 0 unspecified atom stereocenters. The van der Waals surface area contributed by atoms with Crippen molar-refractivity contribution in [1.29, 1.82) is 0 Å². The van der Waals surface area contributed by atoms with E-state index in [1.165, 1.54) is 5.56 Å². The van der Waals surface area contributed by atoms with Gasteiger partial charge >= 0.3 is 0 Å². The van der Waals surface area contributed by atoms with Crippen molar-refractivity contribution in [2.45, 2.75) is 20.8 Å². The minimum Gasteiger partial charge on any atom is -0.485 e. The smallest absolute Gasteiger partial charge is 0.216 e. The minimum atomic E-state index is -0.00666. The maximum atomic E-state index is 12.1. The zero-order valence-electron chi connectivity index (χ0n) is 11.9. The van der Waals surface area contributed by atoms with Crippen molar-refractivity contribution >= 4 is 5.78 Å². The van der Waals surface area contributed by atoms with E-state index in [9.17, 15) is 4.79 Å². The Morgan fingerprint density at radius 1 is 1.16 bits per heavy atom. The highest BCUT2D eigenvalue weighted by atomic mass is 16.5. The first kappa shape index (κ1) is 13.4. The minimum absolute atomic E-state index is 0.00666. The number of hydrogen-bond donors (Lipinski definition) is 0. The van der Waals surface area contributed by atoms with Crippen LogP contribution in [-0.2, 0) is 7.05 Å². The molecule has 3 nitrogen and oxygen atoms in total. The van der Waals surface area contributed by atoms with Crippen molar-refractivity contribution in [3.05, 3.63) is 52.8 Å². The van der Waals surface area contributed by atoms with Crippen LogP contribution in [0.25, 0.3) is 0 Å². The molecule has 3 heteroatoms. The number of hydrogen-bond acceptors (Lipinski definition) is 2. The van der Waals surface area contributed by atoms with Crippen LogP contribution in [-0.4, -0.2) is 17.0 Å². The third kappa shape index (κ3) is 2.70. The molecule has 0 saturated carbocycles. The standard InChI is InChI=1S/C16H19NO2/c1-11-7-8-12(2)16(13(11)3)19-10-15(18)14-6-5-9-17(14)4/h5-9H,10H2,1-4H3. The summed E-state index contributed by atoms with van der Waals surface area (Å²) in [5, 5.41) is 0. The van der Waals surface area contributed by atoms with Gasteiger partial charge in [-0.1, -0.05) is 12.1 Å². The molecule has 1 heterocycles. The number of carbonyl (C=O) groups excluding carboxylic acids is 1. The molecule has 0 saturated heterocycles. The van der Waals surface area contributed by atoms with Gasteiger partial charge in [-0.05, 0) is 49.6 Å². The summed E-state index contributed by atoms with van der Waals surface area (Å²) in [4.78, 5) is 12.1. The summed E-state index contributed by atoms with van der Waals surface area (Å²) in [6, 6.07) is 7.75. The van der Waals surface area contributed by atoms with Gasteiger partial charge in [0.25, 0.3) is 0 Å². The average molecular weight is 257 g/mol. The Labute approximate surface area is 113 Å². The van der Waals surface area contributed by atoms with E-state index in [1.54, 1.807) is 0 Å². The molecule has 0 radical (unpaired) electrons. The highest BCUT2D eigenvalue weighted by Crippen LogP contribution is 2.25. The van der Waals surface area contributed by atoms with E-state index in [0.717, 1.165) is 16.9 Å². The Morgan fingerprint density at radius 3 is 2.47 bits per heavy atom. The van der Waals surface area contributed by atoms with E-state index in [4.69, 9.17) is 4.74 Å². The monoisotopic (exact) mass is 257 g/mol. The van der Waals surface area contributed by atoms with E-state index in [-0.39, 0.29) is 12.4 Å². The zero-order chi connectivity index (χ0) is 14.0. The van der Waals surface area contributed by atoms with E-state index in [1.807, 2.05) is 56.8 Å². The Balaban J connectivity index is 2.14. The Kier molecular flexibility index (Phi) is 3.74. The van der Waals surface area contributed by atoms with Crippen molar-refractivity contribution in [2.24, 2.45) is 7.05 Å². The quantitative estimate of drug-likeness (QED) is 0.787. The highest BCUT2D eigenvalue weighted by Gasteiger charge is 2.12. The number of carbonyl (C=O) groups is 1. The van der Waals surface area contributed by atoms with Gasteiger partial charge in [0, 0.05) is 13.2 Å². The molecule has 1 aromatic heterocycles. The number of Topliss-reactive ketones (excluding diaryl/α,β-unsaturated/α-hetero) is 1. The van der Waals surface area contributed by atoms with Crippen LogP contribution in [0.3, 0.4) is 0 Å². The second-order valence-electron chi connectivity index (χ2n) is 4.87. The maximum absolute atomic E-state index is 12.1. The lowest BCUT2D eigenvalue weighted by atomic mass is 10.1. The van der Waals surface area contributed by atoms with Gasteiger partial charge in [-0.15, -0.1) is 0 Å². The van der Waals surface area contributed by atoms with Crippen LogP contribution in [0.5, 0.6) is 5.75 Å². The molecule has 0 N–H and O–H groups in total. The van der Waals surface area contributed by atoms with E-state index in [2.05, 4.69) is 6.07 Å². The molecule has 0 bridgehead atoms. The van der Waals surface area contributed by atoms with Crippen molar-refractivity contribution in [3.8, 4) is 5.75 Å². The summed E-state index contributed by atoms with van der Waals surface area (Å²) in [5.41, 5.74) is 4.00. The van der Waals surface area contributed by atoms with Crippen LogP contribution in [0.4, 0.5) is 0 Å². The fourth-order valence-electron chi connectivity index (χ4n) is 2.11. The molecule has 2 aromatic rings. The van der Waals surface area contributed by atoms with Crippen LogP contribution in [0, 0.1) is 20.8 Å². The summed E-state index contributed by atoms with van der Waals surface area (Å²) in [6.07, 6.45) is 1.86. The maximum Gasteiger partial charge on any atom is 0.216 e. The molecule has 0 spiro atoms. The number of aryl methyl sites for hydroxylation is 3. The molecule has 0 atom stereocenters. The molecule has 0 aliphatic heterocycles. The first-order valence-electron chi connectivity index (χ1n) is 6.35. The second kappa shape index (κ2) is 5.31. The Morgan fingerprint density at radius 2 is 1.84 bits per heavy atom. The van der Waals surface area contributed by atoms with E-state index < -0.39 is 0 Å². The molecule has 0 fully saturated rings. The van der Waals surface area contributed by atoms with Crippen LogP contribution >= 0.6 is 0 Å². The van der Waals surface area contributed by atoms with Gasteiger partial charge in [0.15, 0.2) is 6.61 Å². The fourth-order valence-corrected chi connectivity index (χ4v) is 2.11. The summed E-state index contributed by atoms with van der Waals surface area (Å²) in [5.74, 6) is 0.815. The van der Waals surface area contributed by atoms with Crippen LogP contribution < -0.4 is 4.74 Å². The van der Waals surface area contributed by atoms with Crippen molar-refractivity contribution in [3.63, 3.8) is 0 Å². The zero-order valence-corrected chi connectivity index (χ0v) is 11.9. The van der Waals surface area contributed by atoms with Gasteiger partial charge in [0.2, 0.25) is 5.78 Å². The molecular weight excluding hydrogens is 238 g/mol. The summed E-state index contributed by atoms with van der Waals surface area (Å²) in [6.45, 7) is 6.13. The topological polar surface area (TPSA) is 31.2 Å². The van der Waals surface area contributed by atoms with Gasteiger partial charge in [0.1, 0.15) is 5.75 Å². The number of ether oxygens (including phenoxy) is 1. The summed E-state index contributed by atoms with van der Waals surface area (Å²) < 4.78 is 7.53. The summed E-state index contributed by atoms with van der Waals surface area (Å²) in [7, 11) is 1.86. The van der Waals surface area contributed by atoms with E-state index in [0.29, 0.717) is 5.69 Å². The molecule has 0 aliphatic carbocycles. The number of rotatable bonds is 4. The number of ketones is 1. The van der Waals surface area contributed by atoms with Crippen molar-refractivity contribution in [2.75, 3.05) is 6.61 Å². The second-order valence-corrected chi connectivity index (χ2v) is 4.87. The fraction of sp³-hybridized carbons (Fsp3) is 0.312. The highest BCUT2D eigenvalue weighted by molar-refractivity contribution is 5.95. The third-order valence-corrected chi connectivity index (χ3v) is 3.45. The first-order chi connectivity index (χ1) is 9.00. The van der Waals surface area contributed by atoms with Gasteiger partial charge < -0.3 is 9.30 Å². The van der Waals surface area contributed by atoms with Crippen LogP contribution in [0.2, 0.25) is 0 Å². The van der Waals surface area contributed by atoms with Crippen LogP contribution in [0.15, 0.2) is 30.5 Å². The van der Waals surface area contributed by atoms with Gasteiger partial charge in [-0.3, -0.25) is 4.79 Å².